The van der Waals surface area contributed by atoms with Crippen LogP contribution >= 0.6 is 11.8 Å². The summed E-state index contributed by atoms with van der Waals surface area (Å²) in [6.07, 6.45) is 2.74. The third kappa shape index (κ3) is 5.17. The van der Waals surface area contributed by atoms with E-state index in [9.17, 15) is 9.59 Å². The molecule has 3 N–H and O–H groups in total. The lowest BCUT2D eigenvalue weighted by molar-refractivity contribution is -0.122. The quantitative estimate of drug-likeness (QED) is 0.512. The molecule has 2 heterocycles. The molecule has 2 amide bonds. The standard InChI is InChI=1S/C29H37N3O3S/c1-8-12-36-21-14-19-15-27(2,3)31-23(22(19)20-16-28(4,5)35-24(20)21)17-10-9-11-18(13-17)25(33)32-29(6,7)26(30)34/h9-11,13-14H,8,12,15-16H2,1-7H3,(H2,30,34)(H,32,33). The van der Waals surface area contributed by atoms with Crippen LogP contribution < -0.4 is 15.8 Å². The van der Waals surface area contributed by atoms with Gasteiger partial charge in [-0.05, 0) is 83.9 Å². The molecular weight excluding hydrogens is 470 g/mol. The molecule has 36 heavy (non-hydrogen) atoms. The highest BCUT2D eigenvalue weighted by molar-refractivity contribution is 7.99. The van der Waals surface area contributed by atoms with Crippen molar-refractivity contribution < 1.29 is 14.3 Å². The van der Waals surface area contributed by atoms with Crippen LogP contribution in [0.25, 0.3) is 0 Å². The number of benzene rings is 2. The van der Waals surface area contributed by atoms with Crippen LogP contribution in [-0.2, 0) is 17.6 Å². The Morgan fingerprint density at radius 1 is 1.17 bits per heavy atom. The Morgan fingerprint density at radius 2 is 1.89 bits per heavy atom. The van der Waals surface area contributed by atoms with Crippen LogP contribution in [0.4, 0.5) is 0 Å². The molecule has 0 bridgehead atoms. The monoisotopic (exact) mass is 507 g/mol. The van der Waals surface area contributed by atoms with E-state index in [0.717, 1.165) is 47.6 Å². The van der Waals surface area contributed by atoms with Gasteiger partial charge in [0, 0.05) is 28.7 Å². The molecule has 2 aromatic rings. The Bertz CT molecular complexity index is 1260. The zero-order valence-electron chi connectivity index (χ0n) is 22.4. The van der Waals surface area contributed by atoms with E-state index in [-0.39, 0.29) is 17.0 Å². The smallest absolute Gasteiger partial charge is 0.252 e. The van der Waals surface area contributed by atoms with Crippen LogP contribution in [0, 0.1) is 0 Å². The van der Waals surface area contributed by atoms with Crippen molar-refractivity contribution in [2.45, 2.75) is 89.3 Å². The summed E-state index contributed by atoms with van der Waals surface area (Å²) in [4.78, 5) is 31.1. The molecule has 0 saturated carbocycles. The molecule has 7 heteroatoms. The second-order valence-electron chi connectivity index (χ2n) is 11.6. The molecule has 2 aromatic carbocycles. The van der Waals surface area contributed by atoms with Gasteiger partial charge in [-0.15, -0.1) is 11.8 Å². The number of hydrogen-bond donors (Lipinski definition) is 2. The molecule has 192 valence electrons. The number of aliphatic imine (C=N–C) groups is 1. The van der Waals surface area contributed by atoms with Crippen molar-refractivity contribution in [2.24, 2.45) is 10.7 Å². The molecule has 0 aromatic heterocycles. The fourth-order valence-corrected chi connectivity index (χ4v) is 5.77. The van der Waals surface area contributed by atoms with Crippen molar-refractivity contribution in [3.8, 4) is 5.75 Å². The average molecular weight is 508 g/mol. The number of fused-ring (bicyclic) bond motifs is 3. The van der Waals surface area contributed by atoms with E-state index in [1.165, 1.54) is 16.0 Å². The van der Waals surface area contributed by atoms with Gasteiger partial charge in [0.1, 0.15) is 16.9 Å². The first-order valence-electron chi connectivity index (χ1n) is 12.6. The highest BCUT2D eigenvalue weighted by Crippen LogP contribution is 2.47. The normalized spacial score (nSPS) is 17.5. The summed E-state index contributed by atoms with van der Waals surface area (Å²) in [5.41, 5.74) is 9.54. The largest absolute Gasteiger partial charge is 0.486 e. The number of ether oxygens (including phenoxy) is 1. The van der Waals surface area contributed by atoms with Crippen molar-refractivity contribution >= 4 is 29.3 Å². The SMILES string of the molecule is CCCSc1cc2c(c3c1OC(C)(C)C3)C(c1cccc(C(=O)NC(C)(C)C(N)=O)c1)=NC(C)(C)C2. The highest BCUT2D eigenvalue weighted by Gasteiger charge is 2.39. The van der Waals surface area contributed by atoms with E-state index in [2.05, 4.69) is 46.0 Å². The molecule has 2 aliphatic rings. The average Bonchev–Trinajstić information content (AvgIpc) is 3.10. The molecule has 2 aliphatic heterocycles. The summed E-state index contributed by atoms with van der Waals surface area (Å²) >= 11 is 1.85. The number of nitrogens with zero attached hydrogens (tertiary/aromatic N) is 1. The van der Waals surface area contributed by atoms with Crippen molar-refractivity contribution in [3.05, 3.63) is 58.1 Å². The van der Waals surface area contributed by atoms with Crippen LogP contribution in [0.1, 0.15) is 87.5 Å². The Morgan fingerprint density at radius 3 is 2.56 bits per heavy atom. The van der Waals surface area contributed by atoms with Gasteiger partial charge >= 0.3 is 0 Å². The number of primary amides is 1. The first-order valence-corrected chi connectivity index (χ1v) is 13.6. The van der Waals surface area contributed by atoms with Crippen LogP contribution in [0.5, 0.6) is 5.75 Å². The van der Waals surface area contributed by atoms with Crippen LogP contribution in [-0.4, -0.2) is 40.0 Å². The third-order valence-corrected chi connectivity index (χ3v) is 7.81. The molecule has 0 fully saturated rings. The van der Waals surface area contributed by atoms with Gasteiger partial charge in [-0.2, -0.15) is 0 Å². The Kier molecular flexibility index (Phi) is 6.75. The maximum absolute atomic E-state index is 13.0. The molecular formula is C29H37N3O3S. The second-order valence-corrected chi connectivity index (χ2v) is 12.7. The summed E-state index contributed by atoms with van der Waals surface area (Å²) in [6, 6.07) is 9.73. The fourth-order valence-electron chi connectivity index (χ4n) is 4.82. The number of nitrogens with one attached hydrogen (secondary N) is 1. The lowest BCUT2D eigenvalue weighted by Gasteiger charge is -2.31. The van der Waals surface area contributed by atoms with Gasteiger partial charge in [0.25, 0.3) is 5.91 Å². The van der Waals surface area contributed by atoms with Gasteiger partial charge in [-0.3, -0.25) is 14.6 Å². The lowest BCUT2D eigenvalue weighted by atomic mass is 9.81. The number of carbonyl (C=O) groups excluding carboxylic acids is 2. The maximum atomic E-state index is 13.0. The van der Waals surface area contributed by atoms with Gasteiger partial charge < -0.3 is 15.8 Å². The van der Waals surface area contributed by atoms with Crippen LogP contribution in [0.2, 0.25) is 0 Å². The Labute approximate surface area is 218 Å². The predicted octanol–water partition coefficient (Wildman–Crippen LogP) is 5.07. The number of rotatable bonds is 7. The van der Waals surface area contributed by atoms with Gasteiger partial charge in [-0.25, -0.2) is 0 Å². The minimum Gasteiger partial charge on any atom is -0.486 e. The molecule has 6 nitrogen and oxygen atoms in total. The molecule has 0 aliphatic carbocycles. The zero-order chi connectivity index (χ0) is 26.5. The van der Waals surface area contributed by atoms with E-state index in [4.69, 9.17) is 15.5 Å². The van der Waals surface area contributed by atoms with Gasteiger partial charge in [-0.1, -0.05) is 19.1 Å². The first kappa shape index (κ1) is 26.3. The molecule has 0 spiro atoms. The van der Waals surface area contributed by atoms with E-state index in [1.807, 2.05) is 30.0 Å². The van der Waals surface area contributed by atoms with Gasteiger partial charge in [0.05, 0.1) is 16.1 Å². The number of amides is 2. The number of hydrogen-bond acceptors (Lipinski definition) is 5. The maximum Gasteiger partial charge on any atom is 0.252 e. The molecule has 0 unspecified atom stereocenters. The Balaban J connectivity index is 1.83. The Hall–Kier alpha value is -2.80. The molecule has 0 atom stereocenters. The fraction of sp³-hybridized carbons (Fsp3) is 0.483. The van der Waals surface area contributed by atoms with E-state index in [1.54, 1.807) is 19.9 Å². The summed E-state index contributed by atoms with van der Waals surface area (Å²) in [5, 5.41) is 2.74. The summed E-state index contributed by atoms with van der Waals surface area (Å²) in [6.45, 7) is 13.9. The van der Waals surface area contributed by atoms with Crippen LogP contribution in [0.3, 0.4) is 0 Å². The van der Waals surface area contributed by atoms with Crippen molar-refractivity contribution in [1.29, 1.82) is 0 Å². The summed E-state index contributed by atoms with van der Waals surface area (Å²) in [7, 11) is 0. The minimum absolute atomic E-state index is 0.287. The highest BCUT2D eigenvalue weighted by atomic mass is 32.2. The predicted molar refractivity (Wildman–Crippen MR) is 146 cm³/mol. The molecule has 0 saturated heterocycles. The lowest BCUT2D eigenvalue weighted by Crippen LogP contribution is -2.53. The van der Waals surface area contributed by atoms with Gasteiger partial charge in [0.15, 0.2) is 0 Å². The second kappa shape index (κ2) is 9.25. The summed E-state index contributed by atoms with van der Waals surface area (Å²) < 4.78 is 6.48. The van der Waals surface area contributed by atoms with E-state index >= 15 is 0 Å². The topological polar surface area (TPSA) is 93.8 Å². The molecule has 0 radical (unpaired) electrons. The minimum atomic E-state index is -1.15. The molecule has 4 rings (SSSR count). The van der Waals surface area contributed by atoms with E-state index < -0.39 is 11.4 Å². The van der Waals surface area contributed by atoms with Crippen molar-refractivity contribution in [1.82, 2.24) is 5.32 Å². The van der Waals surface area contributed by atoms with Crippen molar-refractivity contribution in [2.75, 3.05) is 5.75 Å². The third-order valence-electron chi connectivity index (χ3n) is 6.58. The number of nitrogens with two attached hydrogens (primary N) is 1. The van der Waals surface area contributed by atoms with Crippen molar-refractivity contribution in [3.63, 3.8) is 0 Å². The number of thioether (sulfide) groups is 1. The summed E-state index contributed by atoms with van der Waals surface area (Å²) in [5.74, 6) is 1.08. The van der Waals surface area contributed by atoms with Gasteiger partial charge in [0.2, 0.25) is 5.91 Å². The number of carbonyl (C=O) groups is 2. The van der Waals surface area contributed by atoms with Crippen LogP contribution in [0.15, 0.2) is 40.2 Å². The first-order chi connectivity index (χ1) is 16.7. The zero-order valence-corrected chi connectivity index (χ0v) is 23.2. The van der Waals surface area contributed by atoms with E-state index in [0.29, 0.717) is 5.56 Å².